The Morgan fingerprint density at radius 1 is 0.370 bits per heavy atom. The van der Waals surface area contributed by atoms with Gasteiger partial charge in [0.05, 0.1) is 16.7 Å². The minimum atomic E-state index is 0.574. The number of hydrogen-bond acceptors (Lipinski definition) is 4. The molecular weight excluding hydrogens is 661 g/mol. The zero-order chi connectivity index (χ0) is 35.3. The summed E-state index contributed by atoms with van der Waals surface area (Å²) in [6.07, 6.45) is 0. The molecule has 0 spiro atoms. The van der Waals surface area contributed by atoms with Crippen molar-refractivity contribution in [3.05, 3.63) is 170 Å². The molecule has 0 unspecified atom stereocenters. The molecule has 0 fully saturated rings. The number of hydrogen-bond donors (Lipinski definition) is 0. The normalized spacial score (nSPS) is 12.1. The van der Waals surface area contributed by atoms with Crippen molar-refractivity contribution in [1.82, 2.24) is 19.5 Å². The number of benzene rings is 9. The summed E-state index contributed by atoms with van der Waals surface area (Å²) in [5.74, 6) is 1.80. The maximum atomic E-state index is 6.56. The maximum absolute atomic E-state index is 6.56. The van der Waals surface area contributed by atoms with Gasteiger partial charge in [-0.25, -0.2) is 15.0 Å². The second kappa shape index (κ2) is 11.1. The van der Waals surface area contributed by atoms with Crippen LogP contribution in [0.4, 0.5) is 0 Å². The largest absolute Gasteiger partial charge is 0.456 e. The molecule has 0 aliphatic carbocycles. The molecule has 3 aromatic heterocycles. The molecule has 250 valence electrons. The fraction of sp³-hybridized carbons (Fsp3) is 0. The summed E-state index contributed by atoms with van der Waals surface area (Å²) in [5, 5.41) is 12.1. The molecule has 0 N–H and O–H groups in total. The Balaban J connectivity index is 1.27. The molecular formula is C49H28N4O. The molecule has 5 nitrogen and oxygen atoms in total. The molecule has 0 saturated heterocycles. The van der Waals surface area contributed by atoms with E-state index in [1.165, 1.54) is 43.1 Å². The average molecular weight is 689 g/mol. The van der Waals surface area contributed by atoms with E-state index in [1.54, 1.807) is 0 Å². The third-order valence-corrected chi connectivity index (χ3v) is 11.0. The number of nitrogens with zero attached hydrogens (tertiary/aromatic N) is 4. The first kappa shape index (κ1) is 29.2. The van der Waals surface area contributed by atoms with Gasteiger partial charge < -0.3 is 8.98 Å². The van der Waals surface area contributed by atoms with Crippen LogP contribution in [0.25, 0.3) is 116 Å². The monoisotopic (exact) mass is 688 g/mol. The van der Waals surface area contributed by atoms with E-state index in [9.17, 15) is 0 Å². The highest BCUT2D eigenvalue weighted by Gasteiger charge is 2.25. The predicted octanol–water partition coefficient (Wildman–Crippen LogP) is 12.8. The number of para-hydroxylation sites is 1. The maximum Gasteiger partial charge on any atom is 0.166 e. The highest BCUT2D eigenvalue weighted by atomic mass is 16.3. The van der Waals surface area contributed by atoms with Crippen molar-refractivity contribution >= 4 is 76.1 Å². The molecule has 0 aliphatic heterocycles. The molecule has 0 saturated carbocycles. The van der Waals surface area contributed by atoms with E-state index >= 15 is 0 Å². The van der Waals surface area contributed by atoms with Crippen LogP contribution >= 0.6 is 0 Å². The van der Waals surface area contributed by atoms with Crippen molar-refractivity contribution in [1.29, 1.82) is 0 Å². The summed E-state index contributed by atoms with van der Waals surface area (Å²) in [7, 11) is 0. The van der Waals surface area contributed by atoms with Gasteiger partial charge in [-0.2, -0.15) is 0 Å². The Labute approximate surface area is 308 Å². The third kappa shape index (κ3) is 4.12. The Morgan fingerprint density at radius 3 is 1.72 bits per heavy atom. The minimum Gasteiger partial charge on any atom is -0.456 e. The van der Waals surface area contributed by atoms with Crippen molar-refractivity contribution in [3.8, 4) is 39.9 Å². The SMILES string of the molecule is c1ccc(-c2nc(-c3ccccc3)nc(-c3cc4oc5ccccc5c4cc3-n3c4cccc5c6ccccc6c6c7ccccc7cc3c6c54)n2)cc1. The number of furan rings is 1. The van der Waals surface area contributed by atoms with Gasteiger partial charge in [0.25, 0.3) is 0 Å². The summed E-state index contributed by atoms with van der Waals surface area (Å²) in [4.78, 5) is 15.5. The second-order valence-electron chi connectivity index (χ2n) is 13.9. The molecule has 0 aliphatic rings. The molecule has 12 rings (SSSR count). The topological polar surface area (TPSA) is 56.7 Å². The van der Waals surface area contributed by atoms with Gasteiger partial charge in [-0.1, -0.05) is 140 Å². The van der Waals surface area contributed by atoms with Gasteiger partial charge in [0.1, 0.15) is 11.2 Å². The molecule has 0 amide bonds. The number of aromatic nitrogens is 4. The van der Waals surface area contributed by atoms with E-state index in [0.29, 0.717) is 17.5 Å². The summed E-state index contributed by atoms with van der Waals surface area (Å²) in [5.41, 5.74) is 7.56. The lowest BCUT2D eigenvalue weighted by molar-refractivity contribution is 0.669. The summed E-state index contributed by atoms with van der Waals surface area (Å²) in [6, 6.07) is 59.6. The molecule has 3 heterocycles. The summed E-state index contributed by atoms with van der Waals surface area (Å²) in [6.45, 7) is 0. The molecule has 0 bridgehead atoms. The van der Waals surface area contributed by atoms with Crippen LogP contribution in [0.5, 0.6) is 0 Å². The van der Waals surface area contributed by atoms with Crippen LogP contribution in [-0.4, -0.2) is 19.5 Å². The molecule has 0 atom stereocenters. The van der Waals surface area contributed by atoms with Gasteiger partial charge in [-0.05, 0) is 57.3 Å². The number of fused-ring (bicyclic) bond motifs is 8. The third-order valence-electron chi connectivity index (χ3n) is 11.0. The Bertz CT molecular complexity index is 3370. The Kier molecular flexibility index (Phi) is 5.99. The van der Waals surface area contributed by atoms with Gasteiger partial charge in [-0.3, -0.25) is 0 Å². The van der Waals surface area contributed by atoms with Crippen molar-refractivity contribution in [2.45, 2.75) is 0 Å². The van der Waals surface area contributed by atoms with E-state index in [-0.39, 0.29) is 0 Å². The number of rotatable bonds is 4. The molecule has 5 heteroatoms. The van der Waals surface area contributed by atoms with E-state index in [0.717, 1.165) is 55.3 Å². The zero-order valence-corrected chi connectivity index (χ0v) is 28.9. The van der Waals surface area contributed by atoms with Crippen LogP contribution in [0.15, 0.2) is 174 Å². The first-order chi connectivity index (χ1) is 26.8. The lowest BCUT2D eigenvalue weighted by Gasteiger charge is -2.15. The van der Waals surface area contributed by atoms with Gasteiger partial charge in [-0.15, -0.1) is 0 Å². The van der Waals surface area contributed by atoms with Crippen molar-refractivity contribution in [2.75, 3.05) is 0 Å². The Morgan fingerprint density at radius 2 is 0.963 bits per heavy atom. The van der Waals surface area contributed by atoms with Crippen molar-refractivity contribution in [2.24, 2.45) is 0 Å². The van der Waals surface area contributed by atoms with Crippen molar-refractivity contribution in [3.63, 3.8) is 0 Å². The molecule has 0 radical (unpaired) electrons. The molecule has 54 heavy (non-hydrogen) atoms. The van der Waals surface area contributed by atoms with Crippen LogP contribution < -0.4 is 0 Å². The van der Waals surface area contributed by atoms with E-state index in [1.807, 2.05) is 72.8 Å². The van der Waals surface area contributed by atoms with Crippen LogP contribution in [0.3, 0.4) is 0 Å². The highest BCUT2D eigenvalue weighted by molar-refractivity contribution is 6.39. The molecule has 12 aromatic rings. The summed E-state index contributed by atoms with van der Waals surface area (Å²) >= 11 is 0. The standard InChI is InChI=1S/C49H28N4O/c1-3-14-29(15-4-1)47-50-48(30-16-5-2-6-17-30)52-49(51-47)38-28-43-37(34-21-11-12-25-42(34)54-43)27-40(38)53-39-24-13-23-36-33-20-9-10-22-35(33)44-32-19-8-7-18-31(32)26-41(53)46(44)45(36)39/h1-28H. The fourth-order valence-electron chi connectivity index (χ4n) is 8.63. The van der Waals surface area contributed by atoms with Gasteiger partial charge in [0.15, 0.2) is 17.5 Å². The zero-order valence-electron chi connectivity index (χ0n) is 28.9. The quantitative estimate of drug-likeness (QED) is 0.173. The van der Waals surface area contributed by atoms with E-state index in [2.05, 4.69) is 102 Å². The highest BCUT2D eigenvalue weighted by Crippen LogP contribution is 2.48. The van der Waals surface area contributed by atoms with E-state index in [4.69, 9.17) is 19.4 Å². The van der Waals surface area contributed by atoms with Crippen LogP contribution in [0, 0.1) is 0 Å². The fourth-order valence-corrected chi connectivity index (χ4v) is 8.63. The average Bonchev–Trinajstić information content (AvgIpc) is 3.78. The van der Waals surface area contributed by atoms with Crippen LogP contribution in [0.2, 0.25) is 0 Å². The smallest absolute Gasteiger partial charge is 0.166 e. The van der Waals surface area contributed by atoms with Crippen LogP contribution in [0.1, 0.15) is 0 Å². The van der Waals surface area contributed by atoms with Gasteiger partial charge in [0, 0.05) is 43.6 Å². The van der Waals surface area contributed by atoms with Gasteiger partial charge in [0.2, 0.25) is 0 Å². The van der Waals surface area contributed by atoms with Crippen LogP contribution in [-0.2, 0) is 0 Å². The second-order valence-corrected chi connectivity index (χ2v) is 13.9. The van der Waals surface area contributed by atoms with Gasteiger partial charge >= 0.3 is 0 Å². The Hall–Kier alpha value is -7.37. The molecule has 9 aromatic carbocycles. The van der Waals surface area contributed by atoms with E-state index < -0.39 is 0 Å². The van der Waals surface area contributed by atoms with Crippen molar-refractivity contribution < 1.29 is 4.42 Å². The first-order valence-corrected chi connectivity index (χ1v) is 18.2. The first-order valence-electron chi connectivity index (χ1n) is 18.2. The lowest BCUT2D eigenvalue weighted by atomic mass is 9.91. The predicted molar refractivity (Wildman–Crippen MR) is 221 cm³/mol. The summed E-state index contributed by atoms with van der Waals surface area (Å²) < 4.78 is 8.99. The minimum absolute atomic E-state index is 0.574. The lowest BCUT2D eigenvalue weighted by Crippen LogP contribution is -2.03.